The largest absolute Gasteiger partial charge is 0.497 e. The minimum absolute atomic E-state index is 0.176. The zero-order valence-electron chi connectivity index (χ0n) is 17.3. The van der Waals surface area contributed by atoms with Crippen LogP contribution >= 0.6 is 0 Å². The summed E-state index contributed by atoms with van der Waals surface area (Å²) in [6.45, 7) is 5.91. The summed E-state index contributed by atoms with van der Waals surface area (Å²) in [7, 11) is 3.28. The first kappa shape index (κ1) is 20.4. The molecule has 0 saturated heterocycles. The highest BCUT2D eigenvalue weighted by Gasteiger charge is 2.22. The molecule has 0 saturated carbocycles. The molecule has 0 spiro atoms. The number of methoxy groups -OCH3 is 1. The second kappa shape index (κ2) is 8.77. The number of benzene rings is 2. The van der Waals surface area contributed by atoms with E-state index in [2.05, 4.69) is 16.2 Å². The lowest BCUT2D eigenvalue weighted by atomic mass is 10.1. The van der Waals surface area contributed by atoms with Crippen LogP contribution in [0.1, 0.15) is 23.9 Å². The van der Waals surface area contributed by atoms with Crippen LogP contribution in [0.3, 0.4) is 0 Å². The average molecular weight is 395 g/mol. The predicted molar refractivity (Wildman–Crippen MR) is 109 cm³/mol. The van der Waals surface area contributed by atoms with Gasteiger partial charge >= 0.3 is 0 Å². The Hall–Kier alpha value is -3.35. The molecule has 0 aliphatic rings. The van der Waals surface area contributed by atoms with Gasteiger partial charge in [-0.25, -0.2) is 0 Å². The van der Waals surface area contributed by atoms with Crippen LogP contribution in [0, 0.1) is 13.8 Å². The normalized spacial score (nSPS) is 11.8. The first-order chi connectivity index (χ1) is 13.9. The van der Waals surface area contributed by atoms with E-state index in [0.717, 1.165) is 16.7 Å². The number of hydrogen-bond acceptors (Lipinski definition) is 6. The molecule has 0 bridgehead atoms. The van der Waals surface area contributed by atoms with Crippen molar-refractivity contribution in [3.63, 3.8) is 0 Å². The molecule has 3 aromatic rings. The van der Waals surface area contributed by atoms with Crippen molar-refractivity contribution in [3.8, 4) is 22.9 Å². The Morgan fingerprint density at radius 1 is 1.14 bits per heavy atom. The van der Waals surface area contributed by atoms with Crippen molar-refractivity contribution in [2.24, 2.45) is 0 Å². The number of rotatable bonds is 7. The van der Waals surface area contributed by atoms with Gasteiger partial charge in [0.25, 0.3) is 5.91 Å². The fraction of sp³-hybridized carbons (Fsp3) is 0.318. The Morgan fingerprint density at radius 3 is 2.55 bits per heavy atom. The van der Waals surface area contributed by atoms with E-state index >= 15 is 0 Å². The van der Waals surface area contributed by atoms with Crippen LogP contribution in [0.5, 0.6) is 11.5 Å². The Morgan fingerprint density at radius 2 is 1.86 bits per heavy atom. The maximum atomic E-state index is 12.7. The van der Waals surface area contributed by atoms with Crippen molar-refractivity contribution in [2.45, 2.75) is 33.4 Å². The van der Waals surface area contributed by atoms with E-state index in [1.807, 2.05) is 50.2 Å². The van der Waals surface area contributed by atoms with Crippen LogP contribution in [0.2, 0.25) is 0 Å². The molecule has 2 aromatic carbocycles. The molecule has 1 aromatic heterocycles. The fourth-order valence-electron chi connectivity index (χ4n) is 3.05. The first-order valence-electron chi connectivity index (χ1n) is 9.32. The Labute approximate surface area is 170 Å². The zero-order valence-corrected chi connectivity index (χ0v) is 17.3. The number of aryl methyl sites for hydroxylation is 2. The molecule has 0 fully saturated rings. The van der Waals surface area contributed by atoms with Gasteiger partial charge in [-0.05, 0) is 56.2 Å². The monoisotopic (exact) mass is 395 g/mol. The topological polar surface area (TPSA) is 77.7 Å². The molecule has 152 valence electrons. The van der Waals surface area contributed by atoms with Gasteiger partial charge in [0.1, 0.15) is 11.5 Å². The highest BCUT2D eigenvalue weighted by molar-refractivity contribution is 5.80. The molecule has 0 aliphatic heterocycles. The molecule has 3 rings (SSSR count). The van der Waals surface area contributed by atoms with Gasteiger partial charge < -0.3 is 18.9 Å². The average Bonchev–Trinajstić information content (AvgIpc) is 3.15. The quantitative estimate of drug-likeness (QED) is 0.606. The summed E-state index contributed by atoms with van der Waals surface area (Å²) in [5, 5.41) is 4.00. The summed E-state index contributed by atoms with van der Waals surface area (Å²) in [6, 6.07) is 13.3. The van der Waals surface area contributed by atoms with Crippen LogP contribution in [-0.4, -0.2) is 41.2 Å². The first-order valence-corrected chi connectivity index (χ1v) is 9.32. The molecule has 7 nitrogen and oxygen atoms in total. The third kappa shape index (κ3) is 5.13. The van der Waals surface area contributed by atoms with Crippen molar-refractivity contribution < 1.29 is 18.8 Å². The van der Waals surface area contributed by atoms with E-state index in [1.54, 1.807) is 21.1 Å². The molecular formula is C22H25N3O4. The Balaban J connectivity index is 1.64. The van der Waals surface area contributed by atoms with Gasteiger partial charge in [0.05, 0.1) is 13.7 Å². The maximum Gasteiger partial charge on any atom is 0.263 e. The van der Waals surface area contributed by atoms with E-state index in [0.29, 0.717) is 23.2 Å². The third-order valence-electron chi connectivity index (χ3n) is 4.40. The van der Waals surface area contributed by atoms with Crippen LogP contribution < -0.4 is 9.47 Å². The number of aromatic nitrogens is 2. The van der Waals surface area contributed by atoms with Gasteiger partial charge in [-0.2, -0.15) is 4.98 Å². The molecular weight excluding hydrogens is 370 g/mol. The summed E-state index contributed by atoms with van der Waals surface area (Å²) in [5.41, 5.74) is 2.95. The van der Waals surface area contributed by atoms with E-state index < -0.39 is 6.10 Å². The minimum Gasteiger partial charge on any atom is -0.497 e. The lowest BCUT2D eigenvalue weighted by molar-refractivity contribution is -0.137. The van der Waals surface area contributed by atoms with Gasteiger partial charge in [-0.15, -0.1) is 0 Å². The molecule has 0 unspecified atom stereocenters. The number of likely N-dealkylation sites (N-methyl/N-ethyl adjacent to an activating group) is 1. The maximum absolute atomic E-state index is 12.7. The van der Waals surface area contributed by atoms with Crippen molar-refractivity contribution in [3.05, 3.63) is 59.5 Å². The number of nitrogens with zero attached hydrogens (tertiary/aromatic N) is 3. The van der Waals surface area contributed by atoms with E-state index in [4.69, 9.17) is 14.0 Å². The second-order valence-electron chi connectivity index (χ2n) is 7.02. The third-order valence-corrected chi connectivity index (χ3v) is 4.40. The fourth-order valence-corrected chi connectivity index (χ4v) is 3.05. The van der Waals surface area contributed by atoms with Gasteiger partial charge in [0.2, 0.25) is 11.7 Å². The number of hydrogen-bond donors (Lipinski definition) is 0. The summed E-state index contributed by atoms with van der Waals surface area (Å²) < 4.78 is 16.3. The molecule has 7 heteroatoms. The van der Waals surface area contributed by atoms with Gasteiger partial charge in [-0.1, -0.05) is 23.4 Å². The summed E-state index contributed by atoms with van der Waals surface area (Å²) in [4.78, 5) is 18.6. The van der Waals surface area contributed by atoms with Gasteiger partial charge in [0, 0.05) is 12.6 Å². The van der Waals surface area contributed by atoms with Crippen molar-refractivity contribution in [1.82, 2.24) is 15.0 Å². The van der Waals surface area contributed by atoms with Crippen LogP contribution in [0.4, 0.5) is 0 Å². The molecule has 0 radical (unpaired) electrons. The summed E-state index contributed by atoms with van der Waals surface area (Å²) in [5.74, 6) is 2.00. The molecule has 0 aliphatic carbocycles. The highest BCUT2D eigenvalue weighted by Crippen LogP contribution is 2.22. The second-order valence-corrected chi connectivity index (χ2v) is 7.02. The highest BCUT2D eigenvalue weighted by atomic mass is 16.5. The van der Waals surface area contributed by atoms with E-state index in [9.17, 15) is 4.79 Å². The van der Waals surface area contributed by atoms with Crippen molar-refractivity contribution >= 4 is 5.91 Å². The SMILES string of the molecule is COc1cccc(-c2noc(CN(C)C(=O)[C@H](C)Oc3cc(C)cc(C)c3)n2)c1. The summed E-state index contributed by atoms with van der Waals surface area (Å²) >= 11 is 0. The molecule has 0 N–H and O–H groups in total. The van der Waals surface area contributed by atoms with E-state index in [-0.39, 0.29) is 12.5 Å². The van der Waals surface area contributed by atoms with Crippen LogP contribution in [-0.2, 0) is 11.3 Å². The number of carbonyl (C=O) groups excluding carboxylic acids is 1. The zero-order chi connectivity index (χ0) is 21.0. The summed E-state index contributed by atoms with van der Waals surface area (Å²) in [6.07, 6.45) is -0.637. The molecule has 1 heterocycles. The van der Waals surface area contributed by atoms with Crippen molar-refractivity contribution in [2.75, 3.05) is 14.2 Å². The standard InChI is InChI=1S/C22H25N3O4/c1-14-9-15(2)11-19(10-14)28-16(3)22(26)25(4)13-20-23-21(24-29-20)17-7-6-8-18(12-17)27-5/h6-12,16H,13H2,1-5H3/t16-/m0/s1. The number of ether oxygens (including phenoxy) is 2. The van der Waals surface area contributed by atoms with E-state index in [1.165, 1.54) is 4.90 Å². The minimum atomic E-state index is -0.637. The van der Waals surface area contributed by atoms with Gasteiger partial charge in [0.15, 0.2) is 6.10 Å². The van der Waals surface area contributed by atoms with Crippen LogP contribution in [0.25, 0.3) is 11.4 Å². The predicted octanol–water partition coefficient (Wildman–Crippen LogP) is 3.79. The Kier molecular flexibility index (Phi) is 6.16. The molecule has 29 heavy (non-hydrogen) atoms. The lowest BCUT2D eigenvalue weighted by Gasteiger charge is -2.21. The number of amides is 1. The lowest BCUT2D eigenvalue weighted by Crippen LogP contribution is -2.37. The molecule has 1 atom stereocenters. The van der Waals surface area contributed by atoms with Crippen LogP contribution in [0.15, 0.2) is 47.0 Å². The number of carbonyl (C=O) groups is 1. The molecule has 1 amide bonds. The van der Waals surface area contributed by atoms with Crippen molar-refractivity contribution in [1.29, 1.82) is 0 Å². The van der Waals surface area contributed by atoms with Gasteiger partial charge in [-0.3, -0.25) is 4.79 Å². The smallest absolute Gasteiger partial charge is 0.263 e. The Bertz CT molecular complexity index is 979.